The van der Waals surface area contributed by atoms with Crippen LogP contribution in [0.15, 0.2) is 36.4 Å². The van der Waals surface area contributed by atoms with Gasteiger partial charge in [-0.25, -0.2) is 4.98 Å². The molecule has 3 fully saturated rings. The van der Waals surface area contributed by atoms with Crippen LogP contribution in [-0.2, 0) is 5.41 Å². The van der Waals surface area contributed by atoms with Crippen LogP contribution in [0.1, 0.15) is 39.3 Å². The summed E-state index contributed by atoms with van der Waals surface area (Å²) in [4.78, 5) is 22.2. The third-order valence-corrected chi connectivity index (χ3v) is 7.79. The predicted molar refractivity (Wildman–Crippen MR) is 123 cm³/mol. The third kappa shape index (κ3) is 3.70. The molecule has 5 rings (SSSR count). The number of nitriles is 1. The van der Waals surface area contributed by atoms with Gasteiger partial charge in [0.15, 0.2) is 0 Å². The molecule has 3 aliphatic heterocycles. The molecule has 0 bridgehead atoms. The fourth-order valence-electron chi connectivity index (χ4n) is 5.92. The van der Waals surface area contributed by atoms with Crippen molar-refractivity contribution in [2.24, 2.45) is 11.8 Å². The van der Waals surface area contributed by atoms with Crippen LogP contribution in [0.2, 0.25) is 0 Å². The van der Waals surface area contributed by atoms with Gasteiger partial charge in [-0.1, -0.05) is 30.3 Å². The van der Waals surface area contributed by atoms with E-state index < -0.39 is 0 Å². The van der Waals surface area contributed by atoms with Gasteiger partial charge in [0, 0.05) is 44.7 Å². The normalized spacial score (nSPS) is 24.1. The monoisotopic (exact) mass is 429 g/mol. The van der Waals surface area contributed by atoms with Gasteiger partial charge in [0.2, 0.25) is 0 Å². The first-order valence-electron chi connectivity index (χ1n) is 11.7. The number of nitrogens with zero attached hydrogens (tertiary/aromatic N) is 4. The molecule has 3 aliphatic rings. The zero-order valence-electron chi connectivity index (χ0n) is 19.0. The highest BCUT2D eigenvalue weighted by Gasteiger charge is 2.44. The summed E-state index contributed by atoms with van der Waals surface area (Å²) in [6.45, 7) is 10.8. The summed E-state index contributed by atoms with van der Waals surface area (Å²) >= 11 is 0. The number of aromatic nitrogens is 1. The maximum Gasteiger partial charge on any atom is 0.255 e. The maximum absolute atomic E-state index is 13.2. The second-order valence-corrected chi connectivity index (χ2v) is 9.89. The summed E-state index contributed by atoms with van der Waals surface area (Å²) < 4.78 is 0. The van der Waals surface area contributed by atoms with Crippen LogP contribution in [0.3, 0.4) is 0 Å². The summed E-state index contributed by atoms with van der Waals surface area (Å²) in [6.07, 6.45) is 1.18. The minimum Gasteiger partial charge on any atom is -0.338 e. The molecule has 0 radical (unpaired) electrons. The molecule has 166 valence electrons. The van der Waals surface area contributed by atoms with Crippen LogP contribution in [0.5, 0.6) is 0 Å². The lowest BCUT2D eigenvalue weighted by molar-refractivity contribution is 0.0771. The van der Waals surface area contributed by atoms with Crippen molar-refractivity contribution in [3.05, 3.63) is 64.5 Å². The van der Waals surface area contributed by atoms with Gasteiger partial charge >= 0.3 is 0 Å². The molecule has 1 N–H and O–H groups in total. The number of amides is 1. The molecule has 1 aromatic carbocycles. The third-order valence-electron chi connectivity index (χ3n) is 7.79. The molecule has 6 nitrogen and oxygen atoms in total. The van der Waals surface area contributed by atoms with Gasteiger partial charge < -0.3 is 15.1 Å². The Morgan fingerprint density at radius 2 is 1.84 bits per heavy atom. The molecule has 0 spiro atoms. The topological polar surface area (TPSA) is 72.3 Å². The smallest absolute Gasteiger partial charge is 0.255 e. The highest BCUT2D eigenvalue weighted by molar-refractivity contribution is 5.97. The largest absolute Gasteiger partial charge is 0.338 e. The summed E-state index contributed by atoms with van der Waals surface area (Å²) in [5.74, 6) is 1.18. The van der Waals surface area contributed by atoms with Crippen molar-refractivity contribution in [3.8, 4) is 6.07 Å². The van der Waals surface area contributed by atoms with E-state index in [9.17, 15) is 4.79 Å². The van der Waals surface area contributed by atoms with Crippen molar-refractivity contribution in [2.45, 2.75) is 25.7 Å². The molecule has 0 saturated carbocycles. The number of carbonyl (C=O) groups excluding carboxylic acids is 1. The van der Waals surface area contributed by atoms with Gasteiger partial charge in [-0.3, -0.25) is 4.79 Å². The summed E-state index contributed by atoms with van der Waals surface area (Å²) in [5.41, 5.74) is 4.28. The number of benzene rings is 1. The number of carbonyl (C=O) groups is 1. The molecule has 3 saturated heterocycles. The quantitative estimate of drug-likeness (QED) is 0.791. The second kappa shape index (κ2) is 8.31. The Labute approximate surface area is 190 Å². The molecular formula is C26H31N5O. The molecule has 32 heavy (non-hydrogen) atoms. The number of pyridine rings is 1. The van der Waals surface area contributed by atoms with Crippen LogP contribution >= 0.6 is 0 Å². The molecule has 1 amide bonds. The number of fused-ring (bicyclic) bond motifs is 1. The van der Waals surface area contributed by atoms with E-state index in [4.69, 9.17) is 5.26 Å². The van der Waals surface area contributed by atoms with Crippen molar-refractivity contribution in [1.82, 2.24) is 20.1 Å². The minimum absolute atomic E-state index is 0.0708. The lowest BCUT2D eigenvalue weighted by atomic mass is 9.72. The molecule has 2 atom stereocenters. The first-order chi connectivity index (χ1) is 15.5. The summed E-state index contributed by atoms with van der Waals surface area (Å²) in [5, 5.41) is 12.6. The Balaban J connectivity index is 1.19. The van der Waals surface area contributed by atoms with E-state index in [2.05, 4.69) is 51.6 Å². The lowest BCUT2D eigenvalue weighted by Gasteiger charge is -2.44. The van der Waals surface area contributed by atoms with Gasteiger partial charge in [-0.15, -0.1) is 0 Å². The van der Waals surface area contributed by atoms with Gasteiger partial charge in [-0.05, 0) is 55.8 Å². The maximum atomic E-state index is 13.2. The van der Waals surface area contributed by atoms with Crippen LogP contribution in [0.25, 0.3) is 0 Å². The average Bonchev–Trinajstić information content (AvgIpc) is 3.32. The molecule has 1 aromatic heterocycles. The Kier molecular flexibility index (Phi) is 5.48. The molecule has 2 unspecified atom stereocenters. The SMILES string of the molecule is Cc1cc(C#N)nc(C)c1C(=O)N1CC2CN(CCC3(c4ccccc4)CNC3)CC2C1. The van der Waals surface area contributed by atoms with Crippen molar-refractivity contribution in [1.29, 1.82) is 5.26 Å². The van der Waals surface area contributed by atoms with Gasteiger partial charge in [0.25, 0.3) is 5.91 Å². The van der Waals surface area contributed by atoms with Crippen molar-refractivity contribution < 1.29 is 4.79 Å². The molecule has 2 aromatic rings. The van der Waals surface area contributed by atoms with E-state index in [-0.39, 0.29) is 11.3 Å². The molecular weight excluding hydrogens is 398 g/mol. The zero-order chi connectivity index (χ0) is 22.3. The van der Waals surface area contributed by atoms with Gasteiger partial charge in [0.05, 0.1) is 11.3 Å². The fourth-order valence-corrected chi connectivity index (χ4v) is 5.92. The van der Waals surface area contributed by atoms with Crippen LogP contribution in [-0.4, -0.2) is 66.5 Å². The number of likely N-dealkylation sites (tertiary alicyclic amines) is 2. The van der Waals surface area contributed by atoms with E-state index in [1.54, 1.807) is 6.07 Å². The van der Waals surface area contributed by atoms with Crippen molar-refractivity contribution in [2.75, 3.05) is 45.8 Å². The van der Waals surface area contributed by atoms with E-state index in [0.717, 1.165) is 51.4 Å². The Morgan fingerprint density at radius 1 is 1.16 bits per heavy atom. The van der Waals surface area contributed by atoms with E-state index in [1.165, 1.54) is 12.0 Å². The number of hydrogen-bond acceptors (Lipinski definition) is 5. The van der Waals surface area contributed by atoms with E-state index in [0.29, 0.717) is 28.8 Å². The Bertz CT molecular complexity index is 1020. The average molecular weight is 430 g/mol. The van der Waals surface area contributed by atoms with Crippen LogP contribution in [0.4, 0.5) is 0 Å². The number of aryl methyl sites for hydroxylation is 2. The summed E-state index contributed by atoms with van der Waals surface area (Å²) in [7, 11) is 0. The Morgan fingerprint density at radius 3 is 2.41 bits per heavy atom. The minimum atomic E-state index is 0.0708. The van der Waals surface area contributed by atoms with Crippen molar-refractivity contribution >= 4 is 5.91 Å². The van der Waals surface area contributed by atoms with E-state index in [1.807, 2.05) is 18.7 Å². The highest BCUT2D eigenvalue weighted by Crippen LogP contribution is 2.36. The zero-order valence-corrected chi connectivity index (χ0v) is 19.0. The molecule has 0 aliphatic carbocycles. The number of nitrogens with one attached hydrogen (secondary N) is 1. The van der Waals surface area contributed by atoms with Crippen LogP contribution in [0, 0.1) is 37.0 Å². The standard InChI is InChI=1S/C26H31N5O/c1-18-10-23(11-27)29-19(2)24(18)25(32)31-14-20-12-30(13-21(20)15-31)9-8-26(16-28-17-26)22-6-4-3-5-7-22/h3-7,10,20-21,28H,8-9,12-17H2,1-2H3. The summed E-state index contributed by atoms with van der Waals surface area (Å²) in [6, 6.07) is 14.7. The predicted octanol–water partition coefficient (Wildman–Crippen LogP) is 2.51. The van der Waals surface area contributed by atoms with E-state index >= 15 is 0 Å². The second-order valence-electron chi connectivity index (χ2n) is 9.89. The van der Waals surface area contributed by atoms with Gasteiger partial charge in [0.1, 0.15) is 11.8 Å². The number of rotatable bonds is 5. The highest BCUT2D eigenvalue weighted by atomic mass is 16.2. The molecule has 4 heterocycles. The fraction of sp³-hybridized carbons (Fsp3) is 0.500. The van der Waals surface area contributed by atoms with Gasteiger partial charge in [-0.2, -0.15) is 5.26 Å². The lowest BCUT2D eigenvalue weighted by Crippen LogP contribution is -2.57. The molecule has 6 heteroatoms. The first kappa shape index (κ1) is 21.1. The Hall–Kier alpha value is -2.75. The number of hydrogen-bond donors (Lipinski definition) is 1. The van der Waals surface area contributed by atoms with Crippen molar-refractivity contribution in [3.63, 3.8) is 0 Å². The first-order valence-corrected chi connectivity index (χ1v) is 11.7. The van der Waals surface area contributed by atoms with Crippen LogP contribution < -0.4 is 5.32 Å².